The van der Waals surface area contributed by atoms with Gasteiger partial charge in [-0.15, -0.1) is 11.3 Å². The summed E-state index contributed by atoms with van der Waals surface area (Å²) in [6, 6.07) is 54.1. The van der Waals surface area contributed by atoms with Gasteiger partial charge in [0, 0.05) is 25.7 Å². The Kier molecular flexibility index (Phi) is 6.05. The quantitative estimate of drug-likeness (QED) is 0.194. The van der Waals surface area contributed by atoms with Crippen molar-refractivity contribution < 1.29 is 4.42 Å². The average Bonchev–Trinajstić information content (AvgIpc) is 3.74. The van der Waals surface area contributed by atoms with Crippen molar-refractivity contribution in [1.29, 1.82) is 0 Å². The Hall–Kier alpha value is -6.10. The highest BCUT2D eigenvalue weighted by Gasteiger charge is 2.17. The fraction of sp³-hybridized carbons (Fsp3) is 0. The Morgan fingerprint density at radius 2 is 1.10 bits per heavy atom. The van der Waals surface area contributed by atoms with E-state index >= 15 is 0 Å². The standard InChI is InChI=1S/C44H26N2OS/c1-2-16-34-27(9-1)21-22-38-40(34)42-43(47-38)41(45-26-46-42)33-15-7-13-31(25-33)29-11-5-10-28(23-29)30-12-6-14-32(24-30)35-18-8-19-37-36-17-3-4-20-39(36)48-44(35)37/h1-26H. The van der Waals surface area contributed by atoms with E-state index in [1.807, 2.05) is 17.4 Å². The van der Waals surface area contributed by atoms with E-state index in [1.165, 1.54) is 42.4 Å². The van der Waals surface area contributed by atoms with Gasteiger partial charge in [-0.05, 0) is 74.5 Å². The lowest BCUT2D eigenvalue weighted by Crippen LogP contribution is -1.88. The summed E-state index contributed by atoms with van der Waals surface area (Å²) in [5.41, 5.74) is 11.3. The second-order valence-electron chi connectivity index (χ2n) is 12.2. The zero-order chi connectivity index (χ0) is 31.6. The number of rotatable bonds is 4. The predicted octanol–water partition coefficient (Wildman–Crippen LogP) is 12.6. The lowest BCUT2D eigenvalue weighted by molar-refractivity contribution is 0.667. The first-order valence-electron chi connectivity index (χ1n) is 16.1. The van der Waals surface area contributed by atoms with Crippen LogP contribution in [0.25, 0.3) is 97.7 Å². The molecule has 3 nitrogen and oxygen atoms in total. The Balaban J connectivity index is 1.04. The summed E-state index contributed by atoms with van der Waals surface area (Å²) in [6.07, 6.45) is 1.65. The molecule has 10 rings (SSSR count). The molecular weight excluding hydrogens is 605 g/mol. The summed E-state index contributed by atoms with van der Waals surface area (Å²) in [4.78, 5) is 9.41. The van der Waals surface area contributed by atoms with Crippen LogP contribution in [0.4, 0.5) is 0 Å². The summed E-state index contributed by atoms with van der Waals surface area (Å²) in [6.45, 7) is 0. The summed E-state index contributed by atoms with van der Waals surface area (Å²) in [5.74, 6) is 0. The molecule has 0 atom stereocenters. The third kappa shape index (κ3) is 4.27. The zero-order valence-electron chi connectivity index (χ0n) is 25.7. The molecule has 3 aromatic heterocycles. The first kappa shape index (κ1) is 27.1. The van der Waals surface area contributed by atoms with Crippen LogP contribution in [-0.2, 0) is 0 Å². The largest absolute Gasteiger partial charge is 0.452 e. The van der Waals surface area contributed by atoms with Crippen molar-refractivity contribution in [2.75, 3.05) is 0 Å². The van der Waals surface area contributed by atoms with Gasteiger partial charge in [0.15, 0.2) is 5.58 Å². The van der Waals surface area contributed by atoms with E-state index in [1.54, 1.807) is 6.33 Å². The molecule has 0 amide bonds. The molecule has 4 heteroatoms. The van der Waals surface area contributed by atoms with Crippen molar-refractivity contribution in [3.8, 4) is 44.6 Å². The van der Waals surface area contributed by atoms with Crippen molar-refractivity contribution in [3.05, 3.63) is 158 Å². The van der Waals surface area contributed by atoms with Gasteiger partial charge >= 0.3 is 0 Å². The van der Waals surface area contributed by atoms with Crippen LogP contribution in [0.3, 0.4) is 0 Å². The first-order valence-corrected chi connectivity index (χ1v) is 16.9. The van der Waals surface area contributed by atoms with Crippen LogP contribution in [0.2, 0.25) is 0 Å². The lowest BCUT2D eigenvalue weighted by atomic mass is 9.95. The molecule has 0 N–H and O–H groups in total. The third-order valence-electron chi connectivity index (χ3n) is 9.39. The average molecular weight is 631 g/mol. The fourth-order valence-electron chi connectivity index (χ4n) is 7.11. The van der Waals surface area contributed by atoms with Gasteiger partial charge in [-0.25, -0.2) is 9.97 Å². The molecule has 3 heterocycles. The maximum atomic E-state index is 6.44. The fourth-order valence-corrected chi connectivity index (χ4v) is 8.35. The van der Waals surface area contributed by atoms with Gasteiger partial charge in [-0.3, -0.25) is 0 Å². The Bertz CT molecular complexity index is 2860. The van der Waals surface area contributed by atoms with Crippen molar-refractivity contribution in [3.63, 3.8) is 0 Å². The molecule has 0 aliphatic rings. The van der Waals surface area contributed by atoms with Crippen LogP contribution < -0.4 is 0 Å². The number of hydrogen-bond donors (Lipinski definition) is 0. The number of thiophene rings is 1. The van der Waals surface area contributed by atoms with E-state index in [0.29, 0.717) is 5.58 Å². The van der Waals surface area contributed by atoms with E-state index in [2.05, 4.69) is 151 Å². The van der Waals surface area contributed by atoms with Crippen LogP contribution in [0, 0.1) is 0 Å². The molecule has 0 radical (unpaired) electrons. The number of hydrogen-bond acceptors (Lipinski definition) is 4. The van der Waals surface area contributed by atoms with E-state index in [4.69, 9.17) is 9.40 Å². The van der Waals surface area contributed by atoms with Crippen molar-refractivity contribution in [2.45, 2.75) is 0 Å². The molecule has 0 unspecified atom stereocenters. The molecule has 0 saturated heterocycles. The second kappa shape index (κ2) is 10.7. The summed E-state index contributed by atoms with van der Waals surface area (Å²) >= 11 is 1.87. The maximum Gasteiger partial charge on any atom is 0.180 e. The Labute approximate surface area is 280 Å². The number of nitrogens with zero attached hydrogens (tertiary/aromatic N) is 2. The highest BCUT2D eigenvalue weighted by atomic mass is 32.1. The van der Waals surface area contributed by atoms with E-state index in [0.717, 1.165) is 49.6 Å². The summed E-state index contributed by atoms with van der Waals surface area (Å²) in [5, 5.41) is 5.96. The van der Waals surface area contributed by atoms with Gasteiger partial charge < -0.3 is 4.42 Å². The summed E-state index contributed by atoms with van der Waals surface area (Å²) < 4.78 is 9.09. The lowest BCUT2D eigenvalue weighted by Gasteiger charge is -2.10. The maximum absolute atomic E-state index is 6.44. The minimum absolute atomic E-state index is 0.709. The zero-order valence-corrected chi connectivity index (χ0v) is 26.5. The molecule has 0 bridgehead atoms. The number of aromatic nitrogens is 2. The van der Waals surface area contributed by atoms with Crippen LogP contribution in [0.5, 0.6) is 0 Å². The molecule has 0 saturated carbocycles. The van der Waals surface area contributed by atoms with Gasteiger partial charge in [0.2, 0.25) is 0 Å². The van der Waals surface area contributed by atoms with Crippen LogP contribution >= 0.6 is 11.3 Å². The molecule has 0 fully saturated rings. The third-order valence-corrected chi connectivity index (χ3v) is 10.6. The van der Waals surface area contributed by atoms with Gasteiger partial charge in [0.1, 0.15) is 23.1 Å². The summed E-state index contributed by atoms with van der Waals surface area (Å²) in [7, 11) is 0. The highest BCUT2D eigenvalue weighted by Crippen LogP contribution is 2.41. The Morgan fingerprint density at radius 3 is 1.92 bits per heavy atom. The van der Waals surface area contributed by atoms with Gasteiger partial charge in [0.25, 0.3) is 0 Å². The molecule has 0 aliphatic heterocycles. The van der Waals surface area contributed by atoms with Crippen molar-refractivity contribution in [1.82, 2.24) is 9.97 Å². The topological polar surface area (TPSA) is 38.9 Å². The second-order valence-corrected chi connectivity index (χ2v) is 13.2. The number of fused-ring (bicyclic) bond motifs is 8. The molecule has 48 heavy (non-hydrogen) atoms. The molecule has 0 aliphatic carbocycles. The van der Waals surface area contributed by atoms with E-state index in [9.17, 15) is 0 Å². The highest BCUT2D eigenvalue weighted by molar-refractivity contribution is 7.26. The minimum Gasteiger partial charge on any atom is -0.452 e. The normalized spacial score (nSPS) is 11.8. The van der Waals surface area contributed by atoms with Gasteiger partial charge in [-0.2, -0.15) is 0 Å². The van der Waals surface area contributed by atoms with Gasteiger partial charge in [0.05, 0.1) is 5.39 Å². The molecule has 7 aromatic carbocycles. The van der Waals surface area contributed by atoms with Crippen LogP contribution in [0.15, 0.2) is 162 Å². The minimum atomic E-state index is 0.709. The Morgan fingerprint density at radius 1 is 0.479 bits per heavy atom. The first-order chi connectivity index (χ1) is 23.8. The predicted molar refractivity (Wildman–Crippen MR) is 201 cm³/mol. The molecule has 0 spiro atoms. The van der Waals surface area contributed by atoms with Gasteiger partial charge in [-0.1, -0.05) is 121 Å². The van der Waals surface area contributed by atoms with Crippen LogP contribution in [-0.4, -0.2) is 9.97 Å². The number of benzene rings is 7. The smallest absolute Gasteiger partial charge is 0.180 e. The number of furan rings is 1. The molecule has 10 aromatic rings. The van der Waals surface area contributed by atoms with E-state index in [-0.39, 0.29) is 0 Å². The molecule has 224 valence electrons. The van der Waals surface area contributed by atoms with Crippen LogP contribution in [0.1, 0.15) is 0 Å². The SMILES string of the molecule is c1cc(-c2cccc(-c3ncnc4c3oc3ccc5ccccc5c34)c2)cc(-c2cccc(-c3cccc4c3sc3ccccc34)c2)c1. The van der Waals surface area contributed by atoms with Crippen molar-refractivity contribution >= 4 is 64.4 Å². The van der Waals surface area contributed by atoms with Crippen molar-refractivity contribution in [2.24, 2.45) is 0 Å². The monoisotopic (exact) mass is 630 g/mol. The molecular formula is C44H26N2OS. The van der Waals surface area contributed by atoms with E-state index < -0.39 is 0 Å².